The second-order valence-electron chi connectivity index (χ2n) is 7.41. The van der Waals surface area contributed by atoms with Gasteiger partial charge in [0.25, 0.3) is 0 Å². The number of carbonyl (C=O) groups excluding carboxylic acids is 3. The molecule has 0 radical (unpaired) electrons. The van der Waals surface area contributed by atoms with Crippen molar-refractivity contribution >= 4 is 34.1 Å². The third-order valence-corrected chi connectivity index (χ3v) is 7.04. The van der Waals surface area contributed by atoms with Gasteiger partial charge in [-0.05, 0) is 49.0 Å². The van der Waals surface area contributed by atoms with Crippen LogP contribution in [0.15, 0.2) is 11.4 Å². The van der Waals surface area contributed by atoms with Gasteiger partial charge in [0.2, 0.25) is 11.8 Å². The third kappa shape index (κ3) is 2.72. The Hall–Kier alpha value is -1.93. The molecule has 1 aromatic heterocycles. The molecule has 2 heterocycles. The van der Waals surface area contributed by atoms with Gasteiger partial charge < -0.3 is 20.7 Å². The lowest BCUT2D eigenvalue weighted by atomic mass is 9.84. The molecule has 3 N–H and O–H groups in total. The molecule has 5 unspecified atom stereocenters. The van der Waals surface area contributed by atoms with Crippen molar-refractivity contribution in [2.75, 3.05) is 18.6 Å². The molecule has 5 atom stereocenters. The SMILES string of the molecule is COC(=O)c1ccsc1N1CCC(NC(=O)C2C3CCC(C3)C2N)C1=O. The van der Waals surface area contributed by atoms with E-state index in [0.717, 1.165) is 19.3 Å². The smallest absolute Gasteiger partial charge is 0.340 e. The standard InChI is InChI=1S/C18H23N3O4S/c1-25-18(24)11-5-7-26-17(11)21-6-4-12(16(21)23)20-15(22)13-9-2-3-10(8-9)14(13)19/h5,7,9-10,12-14H,2-4,6,8,19H2,1H3,(H,20,22). The van der Waals surface area contributed by atoms with Crippen LogP contribution >= 0.6 is 11.3 Å². The summed E-state index contributed by atoms with van der Waals surface area (Å²) in [6, 6.07) is 1.00. The van der Waals surface area contributed by atoms with E-state index in [4.69, 9.17) is 10.5 Å². The fraction of sp³-hybridized carbons (Fsp3) is 0.611. The number of carbonyl (C=O) groups is 3. The Kier molecular flexibility index (Phi) is 4.48. The van der Waals surface area contributed by atoms with E-state index in [2.05, 4.69) is 5.32 Å². The van der Waals surface area contributed by atoms with Gasteiger partial charge in [-0.1, -0.05) is 0 Å². The lowest BCUT2D eigenvalue weighted by molar-refractivity contribution is -0.130. The maximum atomic E-state index is 12.8. The Morgan fingerprint density at radius 2 is 2.08 bits per heavy atom. The van der Waals surface area contributed by atoms with Crippen molar-refractivity contribution in [2.45, 2.75) is 37.8 Å². The topological polar surface area (TPSA) is 102 Å². The van der Waals surface area contributed by atoms with E-state index >= 15 is 0 Å². The summed E-state index contributed by atoms with van der Waals surface area (Å²) in [6.45, 7) is 0.469. The molecule has 140 valence electrons. The van der Waals surface area contributed by atoms with Crippen LogP contribution in [-0.2, 0) is 14.3 Å². The molecule has 8 heteroatoms. The quantitative estimate of drug-likeness (QED) is 0.766. The van der Waals surface area contributed by atoms with Crippen molar-refractivity contribution in [2.24, 2.45) is 23.5 Å². The van der Waals surface area contributed by atoms with Gasteiger partial charge in [-0.25, -0.2) is 4.79 Å². The van der Waals surface area contributed by atoms with Crippen LogP contribution in [0.4, 0.5) is 5.00 Å². The number of nitrogens with two attached hydrogens (primary N) is 1. The molecule has 1 aromatic rings. The van der Waals surface area contributed by atoms with Crippen LogP contribution in [0, 0.1) is 17.8 Å². The number of nitrogens with one attached hydrogen (secondary N) is 1. The lowest BCUT2D eigenvalue weighted by Crippen LogP contribution is -2.50. The minimum absolute atomic E-state index is 0.0930. The summed E-state index contributed by atoms with van der Waals surface area (Å²) in [5, 5.41) is 5.26. The molecule has 1 aliphatic heterocycles. The lowest BCUT2D eigenvalue weighted by Gasteiger charge is -2.28. The zero-order chi connectivity index (χ0) is 18.4. The predicted molar refractivity (Wildman–Crippen MR) is 96.9 cm³/mol. The number of hydrogen-bond donors (Lipinski definition) is 2. The van der Waals surface area contributed by atoms with Crippen LogP contribution in [0.1, 0.15) is 36.0 Å². The normalized spacial score (nSPS) is 32.9. The van der Waals surface area contributed by atoms with Gasteiger partial charge in [0.1, 0.15) is 11.0 Å². The van der Waals surface area contributed by atoms with E-state index < -0.39 is 12.0 Å². The highest BCUT2D eigenvalue weighted by Crippen LogP contribution is 2.47. The van der Waals surface area contributed by atoms with Crippen molar-refractivity contribution in [3.05, 3.63) is 17.0 Å². The Balaban J connectivity index is 1.44. The minimum Gasteiger partial charge on any atom is -0.465 e. The molecule has 3 fully saturated rings. The van der Waals surface area contributed by atoms with Gasteiger partial charge in [-0.2, -0.15) is 0 Å². The van der Waals surface area contributed by atoms with E-state index in [1.807, 2.05) is 0 Å². The molecule has 2 aliphatic carbocycles. The molecular formula is C18H23N3O4S. The zero-order valence-electron chi connectivity index (χ0n) is 14.6. The van der Waals surface area contributed by atoms with Crippen molar-refractivity contribution in [3.8, 4) is 0 Å². The summed E-state index contributed by atoms with van der Waals surface area (Å²) in [6.07, 6.45) is 3.72. The first kappa shape index (κ1) is 17.5. The van der Waals surface area contributed by atoms with Gasteiger partial charge in [0.05, 0.1) is 18.6 Å². The molecule has 0 aromatic carbocycles. The Morgan fingerprint density at radius 3 is 2.77 bits per heavy atom. The number of amides is 2. The molecular weight excluding hydrogens is 354 g/mol. The highest BCUT2D eigenvalue weighted by atomic mass is 32.1. The zero-order valence-corrected chi connectivity index (χ0v) is 15.5. The van der Waals surface area contributed by atoms with E-state index in [-0.39, 0.29) is 23.8 Å². The first-order valence-corrected chi connectivity index (χ1v) is 9.92. The van der Waals surface area contributed by atoms with Gasteiger partial charge in [-0.3, -0.25) is 9.59 Å². The van der Waals surface area contributed by atoms with Crippen LogP contribution in [0.25, 0.3) is 0 Å². The molecule has 2 saturated carbocycles. The van der Waals surface area contributed by atoms with Crippen molar-refractivity contribution in [3.63, 3.8) is 0 Å². The van der Waals surface area contributed by atoms with Crippen LogP contribution in [0.5, 0.6) is 0 Å². The highest BCUT2D eigenvalue weighted by molar-refractivity contribution is 7.14. The number of fused-ring (bicyclic) bond motifs is 2. The molecule has 1 saturated heterocycles. The number of thiophene rings is 1. The second kappa shape index (κ2) is 6.66. The van der Waals surface area contributed by atoms with Crippen LogP contribution < -0.4 is 16.0 Å². The molecule has 2 amide bonds. The Labute approximate surface area is 155 Å². The maximum Gasteiger partial charge on any atom is 0.340 e. The fourth-order valence-corrected chi connectivity index (χ4v) is 5.70. The number of anilines is 1. The summed E-state index contributed by atoms with van der Waals surface area (Å²) in [4.78, 5) is 39.0. The molecule has 4 rings (SSSR count). The first-order chi connectivity index (χ1) is 12.5. The first-order valence-electron chi connectivity index (χ1n) is 9.04. The Morgan fingerprint density at radius 1 is 1.31 bits per heavy atom. The average Bonchev–Trinajstić information content (AvgIpc) is 3.39. The van der Waals surface area contributed by atoms with E-state index in [1.165, 1.54) is 18.4 Å². The maximum absolute atomic E-state index is 12.8. The van der Waals surface area contributed by atoms with Crippen LogP contribution in [0.3, 0.4) is 0 Å². The third-order valence-electron chi connectivity index (χ3n) is 6.10. The van der Waals surface area contributed by atoms with E-state index in [9.17, 15) is 14.4 Å². The molecule has 7 nitrogen and oxygen atoms in total. The van der Waals surface area contributed by atoms with Gasteiger partial charge >= 0.3 is 5.97 Å². The summed E-state index contributed by atoms with van der Waals surface area (Å²) in [5.74, 6) is -0.115. The van der Waals surface area contributed by atoms with Crippen molar-refractivity contribution in [1.29, 1.82) is 0 Å². The second-order valence-corrected chi connectivity index (χ2v) is 8.30. The van der Waals surface area contributed by atoms with Crippen LogP contribution in [-0.4, -0.2) is 43.5 Å². The number of hydrogen-bond acceptors (Lipinski definition) is 6. The summed E-state index contributed by atoms with van der Waals surface area (Å²) < 4.78 is 4.78. The number of nitrogens with zero attached hydrogens (tertiary/aromatic N) is 1. The summed E-state index contributed by atoms with van der Waals surface area (Å²) in [5.41, 5.74) is 6.62. The average molecular weight is 377 g/mol. The van der Waals surface area contributed by atoms with Gasteiger partial charge in [0.15, 0.2) is 0 Å². The number of methoxy groups -OCH3 is 1. The fourth-order valence-electron chi connectivity index (χ4n) is 4.78. The molecule has 3 aliphatic rings. The summed E-state index contributed by atoms with van der Waals surface area (Å²) in [7, 11) is 1.32. The van der Waals surface area contributed by atoms with E-state index in [1.54, 1.807) is 16.3 Å². The predicted octanol–water partition coefficient (Wildman–Crippen LogP) is 1.13. The largest absolute Gasteiger partial charge is 0.465 e. The number of ether oxygens (including phenoxy) is 1. The van der Waals surface area contributed by atoms with Gasteiger partial charge in [0, 0.05) is 12.6 Å². The van der Waals surface area contributed by atoms with Gasteiger partial charge in [-0.15, -0.1) is 11.3 Å². The van der Waals surface area contributed by atoms with Crippen molar-refractivity contribution < 1.29 is 19.1 Å². The van der Waals surface area contributed by atoms with E-state index in [0.29, 0.717) is 35.4 Å². The molecule has 26 heavy (non-hydrogen) atoms. The van der Waals surface area contributed by atoms with Crippen molar-refractivity contribution in [1.82, 2.24) is 5.32 Å². The molecule has 2 bridgehead atoms. The Bertz CT molecular complexity index is 747. The number of esters is 1. The van der Waals surface area contributed by atoms with Crippen LogP contribution in [0.2, 0.25) is 0 Å². The highest BCUT2D eigenvalue weighted by Gasteiger charge is 2.50. The minimum atomic E-state index is -0.554. The monoisotopic (exact) mass is 377 g/mol. The molecule has 0 spiro atoms. The summed E-state index contributed by atoms with van der Waals surface area (Å²) >= 11 is 1.32. The number of rotatable bonds is 4.